The van der Waals surface area contributed by atoms with Crippen molar-refractivity contribution in [2.24, 2.45) is 10.4 Å². The molecule has 6 heteroatoms. The molecular formula is C22H38N4O2. The van der Waals surface area contributed by atoms with E-state index in [1.807, 2.05) is 6.92 Å². The van der Waals surface area contributed by atoms with Crippen molar-refractivity contribution in [1.82, 2.24) is 15.5 Å². The highest BCUT2D eigenvalue weighted by molar-refractivity contribution is 5.79. The monoisotopic (exact) mass is 390 g/mol. The minimum absolute atomic E-state index is 0.256. The number of nitrogens with zero attached hydrogens (tertiary/aromatic N) is 2. The number of aryl methyl sites for hydroxylation is 1. The second-order valence-electron chi connectivity index (χ2n) is 8.38. The molecule has 1 unspecified atom stereocenters. The Bertz CT molecular complexity index is 618. The van der Waals surface area contributed by atoms with Crippen LogP contribution >= 0.6 is 0 Å². The Kier molecular flexibility index (Phi) is 7.80. The predicted molar refractivity (Wildman–Crippen MR) is 114 cm³/mol. The number of ether oxygens (including phenoxy) is 1. The first-order valence-electron chi connectivity index (χ1n) is 11.0. The fourth-order valence-corrected chi connectivity index (χ4v) is 4.36. The maximum absolute atomic E-state index is 5.98. The molecule has 0 bridgehead atoms. The SMILES string of the molecule is CCNC(=NCC1(CCOC)CCC1)NCC(c1ccc(C)o1)N1CCCC1. The first-order valence-corrected chi connectivity index (χ1v) is 11.0. The van der Waals surface area contributed by atoms with Gasteiger partial charge in [0.05, 0.1) is 6.04 Å². The Hall–Kier alpha value is -1.53. The second kappa shape index (κ2) is 10.3. The number of hydrogen-bond acceptors (Lipinski definition) is 4. The molecule has 1 aromatic rings. The van der Waals surface area contributed by atoms with E-state index in [4.69, 9.17) is 14.1 Å². The summed E-state index contributed by atoms with van der Waals surface area (Å²) in [6, 6.07) is 4.44. The molecule has 1 aromatic heterocycles. The number of hydrogen-bond donors (Lipinski definition) is 2. The van der Waals surface area contributed by atoms with E-state index in [1.165, 1.54) is 32.1 Å². The normalized spacial score (nSPS) is 20.8. The summed E-state index contributed by atoms with van der Waals surface area (Å²) < 4.78 is 11.3. The smallest absolute Gasteiger partial charge is 0.191 e. The fraction of sp³-hybridized carbons (Fsp3) is 0.773. The van der Waals surface area contributed by atoms with E-state index in [1.54, 1.807) is 7.11 Å². The summed E-state index contributed by atoms with van der Waals surface area (Å²) in [5.74, 6) is 2.95. The summed E-state index contributed by atoms with van der Waals surface area (Å²) in [5.41, 5.74) is 0.338. The van der Waals surface area contributed by atoms with Gasteiger partial charge in [-0.25, -0.2) is 0 Å². The molecule has 2 aliphatic rings. The van der Waals surface area contributed by atoms with E-state index in [2.05, 4.69) is 34.6 Å². The summed E-state index contributed by atoms with van der Waals surface area (Å²) in [6.07, 6.45) is 7.49. The standard InChI is InChI=1S/C22H38N4O2/c1-4-23-21(25-17-22(10-7-11-22)12-15-27-3)24-16-19(26-13-5-6-14-26)20-9-8-18(2)28-20/h8-9,19H,4-7,10-17H2,1-3H3,(H2,23,24,25). The van der Waals surface area contributed by atoms with Crippen LogP contribution in [0, 0.1) is 12.3 Å². The number of furan rings is 1. The summed E-state index contributed by atoms with van der Waals surface area (Å²) >= 11 is 0. The van der Waals surface area contributed by atoms with Crippen LogP contribution in [0.4, 0.5) is 0 Å². The van der Waals surface area contributed by atoms with E-state index < -0.39 is 0 Å². The summed E-state index contributed by atoms with van der Waals surface area (Å²) in [4.78, 5) is 7.48. The largest absolute Gasteiger partial charge is 0.465 e. The first-order chi connectivity index (χ1) is 13.7. The van der Waals surface area contributed by atoms with Gasteiger partial charge in [0.2, 0.25) is 0 Å². The molecule has 2 N–H and O–H groups in total. The van der Waals surface area contributed by atoms with Crippen LogP contribution in [0.25, 0.3) is 0 Å². The molecule has 3 rings (SSSR count). The van der Waals surface area contributed by atoms with Crippen molar-refractivity contribution < 1.29 is 9.15 Å². The van der Waals surface area contributed by atoms with Crippen LogP contribution < -0.4 is 10.6 Å². The van der Waals surface area contributed by atoms with E-state index in [0.29, 0.717) is 5.41 Å². The van der Waals surface area contributed by atoms with Crippen LogP contribution in [0.1, 0.15) is 63.0 Å². The van der Waals surface area contributed by atoms with Gasteiger partial charge in [-0.1, -0.05) is 6.42 Å². The Morgan fingerprint density at radius 2 is 2.04 bits per heavy atom. The van der Waals surface area contributed by atoms with Crippen LogP contribution in [0.2, 0.25) is 0 Å². The third-order valence-corrected chi connectivity index (χ3v) is 6.30. The molecule has 1 aliphatic carbocycles. The maximum Gasteiger partial charge on any atom is 0.191 e. The molecule has 28 heavy (non-hydrogen) atoms. The number of rotatable bonds is 10. The molecule has 2 fully saturated rings. The number of methoxy groups -OCH3 is 1. The van der Waals surface area contributed by atoms with Crippen molar-refractivity contribution in [2.75, 3.05) is 46.4 Å². The van der Waals surface area contributed by atoms with E-state index >= 15 is 0 Å². The molecule has 158 valence electrons. The van der Waals surface area contributed by atoms with Gasteiger partial charge in [-0.3, -0.25) is 9.89 Å². The lowest BCUT2D eigenvalue weighted by atomic mass is 9.67. The molecule has 0 aromatic carbocycles. The zero-order valence-electron chi connectivity index (χ0n) is 17.9. The van der Waals surface area contributed by atoms with Gasteiger partial charge in [0, 0.05) is 33.4 Å². The third kappa shape index (κ3) is 5.51. The van der Waals surface area contributed by atoms with Crippen molar-refractivity contribution in [1.29, 1.82) is 0 Å². The molecular weight excluding hydrogens is 352 g/mol. The number of nitrogens with one attached hydrogen (secondary N) is 2. The summed E-state index contributed by atoms with van der Waals surface area (Å²) in [6.45, 7) is 9.79. The molecule has 0 spiro atoms. The minimum atomic E-state index is 0.256. The Labute approximate surface area is 170 Å². The number of guanidine groups is 1. The third-order valence-electron chi connectivity index (χ3n) is 6.30. The predicted octanol–water partition coefficient (Wildman–Crippen LogP) is 3.49. The van der Waals surface area contributed by atoms with Crippen LogP contribution in [-0.4, -0.2) is 57.3 Å². The topological polar surface area (TPSA) is 62.0 Å². The summed E-state index contributed by atoms with van der Waals surface area (Å²) in [7, 11) is 1.79. The highest BCUT2D eigenvalue weighted by Crippen LogP contribution is 2.44. The highest BCUT2D eigenvalue weighted by Gasteiger charge is 2.36. The molecule has 2 heterocycles. The van der Waals surface area contributed by atoms with E-state index in [0.717, 1.165) is 63.2 Å². The molecule has 0 radical (unpaired) electrons. The Morgan fingerprint density at radius 1 is 1.25 bits per heavy atom. The van der Waals surface area contributed by atoms with Gasteiger partial charge in [-0.15, -0.1) is 0 Å². The number of aliphatic imine (C=N–C) groups is 1. The van der Waals surface area contributed by atoms with Gasteiger partial charge in [0.15, 0.2) is 5.96 Å². The van der Waals surface area contributed by atoms with Gasteiger partial charge in [0.1, 0.15) is 11.5 Å². The zero-order chi connectivity index (χ0) is 19.8. The number of likely N-dealkylation sites (tertiary alicyclic amines) is 1. The molecule has 1 saturated heterocycles. The average molecular weight is 391 g/mol. The van der Waals surface area contributed by atoms with Crippen molar-refractivity contribution >= 4 is 5.96 Å². The van der Waals surface area contributed by atoms with Gasteiger partial charge in [-0.05, 0) is 76.6 Å². The lowest BCUT2D eigenvalue weighted by Crippen LogP contribution is -2.44. The minimum Gasteiger partial charge on any atom is -0.465 e. The van der Waals surface area contributed by atoms with Crippen LogP contribution in [0.3, 0.4) is 0 Å². The van der Waals surface area contributed by atoms with Gasteiger partial charge >= 0.3 is 0 Å². The Balaban J connectivity index is 1.63. The van der Waals surface area contributed by atoms with Crippen molar-refractivity contribution in [2.45, 2.75) is 58.4 Å². The lowest BCUT2D eigenvalue weighted by Gasteiger charge is -2.40. The lowest BCUT2D eigenvalue weighted by molar-refractivity contribution is 0.0778. The van der Waals surface area contributed by atoms with Crippen LogP contribution in [0.15, 0.2) is 21.5 Å². The van der Waals surface area contributed by atoms with Gasteiger partial charge < -0.3 is 19.8 Å². The van der Waals surface area contributed by atoms with E-state index in [9.17, 15) is 0 Å². The average Bonchev–Trinajstić information content (AvgIpc) is 3.33. The maximum atomic E-state index is 5.98. The fourth-order valence-electron chi connectivity index (χ4n) is 4.36. The molecule has 6 nitrogen and oxygen atoms in total. The zero-order valence-corrected chi connectivity index (χ0v) is 17.9. The van der Waals surface area contributed by atoms with Crippen LogP contribution in [0.5, 0.6) is 0 Å². The van der Waals surface area contributed by atoms with Crippen molar-refractivity contribution in [3.63, 3.8) is 0 Å². The molecule has 0 amide bonds. The molecule has 1 saturated carbocycles. The quantitative estimate of drug-likeness (QED) is 0.473. The van der Waals surface area contributed by atoms with Gasteiger partial charge in [0.25, 0.3) is 0 Å². The molecule has 1 atom stereocenters. The Morgan fingerprint density at radius 3 is 2.61 bits per heavy atom. The van der Waals surface area contributed by atoms with Gasteiger partial charge in [-0.2, -0.15) is 0 Å². The van der Waals surface area contributed by atoms with Crippen molar-refractivity contribution in [3.8, 4) is 0 Å². The molecule has 1 aliphatic heterocycles. The summed E-state index contributed by atoms with van der Waals surface area (Å²) in [5, 5.41) is 7.01. The van der Waals surface area contributed by atoms with Crippen LogP contribution in [-0.2, 0) is 4.74 Å². The highest BCUT2D eigenvalue weighted by atomic mass is 16.5. The first kappa shape index (κ1) is 21.2. The second-order valence-corrected chi connectivity index (χ2v) is 8.38. The van der Waals surface area contributed by atoms with Crippen molar-refractivity contribution in [3.05, 3.63) is 23.7 Å². The van der Waals surface area contributed by atoms with E-state index in [-0.39, 0.29) is 6.04 Å².